The Morgan fingerprint density at radius 2 is 1.88 bits per heavy atom. The molecule has 0 unspecified atom stereocenters. The monoisotopic (exact) mass is 297 g/mol. The van der Waals surface area contributed by atoms with Crippen LogP contribution in [0.4, 0.5) is 0 Å². The van der Waals surface area contributed by atoms with Gasteiger partial charge in [0.25, 0.3) is 15.3 Å². The number of hydrogen-bond acceptors (Lipinski definition) is 4. The lowest BCUT2D eigenvalue weighted by Gasteiger charge is -2.03. The molecule has 0 saturated carbocycles. The summed E-state index contributed by atoms with van der Waals surface area (Å²) in [6.45, 7) is 0. The first-order chi connectivity index (χ1) is 7.44. The molecule has 2 rings (SSSR count). The predicted octanol–water partition coefficient (Wildman–Crippen LogP) is 2.76. The summed E-state index contributed by atoms with van der Waals surface area (Å²) >= 11 is 12.5. The Morgan fingerprint density at radius 3 is 2.38 bits per heavy atom. The third-order valence-electron chi connectivity index (χ3n) is 1.59. The summed E-state index contributed by atoms with van der Waals surface area (Å²) in [5.41, 5.74) is 0. The highest BCUT2D eigenvalue weighted by atomic mass is 35.5. The fourth-order valence-corrected chi connectivity index (χ4v) is 3.71. The summed E-state index contributed by atoms with van der Waals surface area (Å²) in [6, 6.07) is 4.61. The van der Waals surface area contributed by atoms with Gasteiger partial charge in [0.1, 0.15) is 10.8 Å². The van der Waals surface area contributed by atoms with E-state index in [0.29, 0.717) is 15.8 Å². The summed E-state index contributed by atoms with van der Waals surface area (Å²) in [5, 5.41) is 0.803. The average molecular weight is 298 g/mol. The zero-order chi connectivity index (χ0) is 11.8. The molecule has 4 nitrogen and oxygen atoms in total. The van der Waals surface area contributed by atoms with Crippen LogP contribution in [-0.4, -0.2) is 18.7 Å². The largest absolute Gasteiger partial charge is 0.433 e. The summed E-state index contributed by atoms with van der Waals surface area (Å²) in [7, 11) is -3.38. The van der Waals surface area contributed by atoms with Crippen molar-refractivity contribution in [1.82, 2.24) is 0 Å². The van der Waals surface area contributed by atoms with Crippen LogP contribution in [0.5, 0.6) is 5.75 Å². The van der Waals surface area contributed by atoms with Crippen LogP contribution in [0.3, 0.4) is 0 Å². The van der Waals surface area contributed by atoms with Crippen LogP contribution < -0.4 is 4.74 Å². The minimum Gasteiger partial charge on any atom is -0.433 e. The van der Waals surface area contributed by atoms with Gasteiger partial charge in [-0.15, -0.1) is 4.40 Å². The molecule has 0 saturated heterocycles. The number of hydrogen-bond donors (Lipinski definition) is 0. The van der Waals surface area contributed by atoms with Crippen LogP contribution in [0.1, 0.15) is 0 Å². The van der Waals surface area contributed by atoms with E-state index in [1.54, 1.807) is 6.07 Å². The van der Waals surface area contributed by atoms with E-state index in [1.807, 2.05) is 0 Å². The minimum absolute atomic E-state index is 0.0818. The Labute approximate surface area is 107 Å². The second-order valence-electron chi connectivity index (χ2n) is 2.91. The van der Waals surface area contributed by atoms with E-state index in [-0.39, 0.29) is 10.3 Å². The van der Waals surface area contributed by atoms with E-state index in [1.165, 1.54) is 12.1 Å². The van der Waals surface area contributed by atoms with E-state index < -0.39 is 10.0 Å². The van der Waals surface area contributed by atoms with Crippen LogP contribution in [0.25, 0.3) is 0 Å². The van der Waals surface area contributed by atoms with Crippen LogP contribution >= 0.6 is 35.0 Å². The van der Waals surface area contributed by atoms with Crippen molar-refractivity contribution in [3.8, 4) is 5.75 Å². The second-order valence-corrected chi connectivity index (χ2v) is 6.71. The third kappa shape index (κ3) is 3.04. The number of nitrogens with zero attached hydrogens (tertiary/aromatic N) is 1. The number of halogens is 2. The molecule has 0 atom stereocenters. The van der Waals surface area contributed by atoms with Gasteiger partial charge in [0.2, 0.25) is 0 Å². The molecule has 0 spiro atoms. The molecule has 0 aromatic heterocycles. The maximum atomic E-state index is 11.0. The third-order valence-corrected chi connectivity index (χ3v) is 4.67. The standard InChI is InChI=1S/C8H5Cl2NO3S2/c9-5-1-6(10)3-7(2-5)14-8-11-16(12,13)4-15-8/h1-3H,4H2. The van der Waals surface area contributed by atoms with Gasteiger partial charge in [-0.05, 0) is 30.0 Å². The maximum absolute atomic E-state index is 11.0. The van der Waals surface area contributed by atoms with Crippen LogP contribution in [-0.2, 0) is 10.0 Å². The van der Waals surface area contributed by atoms with Gasteiger partial charge in [-0.1, -0.05) is 23.2 Å². The predicted molar refractivity (Wildman–Crippen MR) is 65.9 cm³/mol. The minimum atomic E-state index is -3.38. The fraction of sp³-hybridized carbons (Fsp3) is 0.125. The van der Waals surface area contributed by atoms with E-state index >= 15 is 0 Å². The van der Waals surface area contributed by atoms with Gasteiger partial charge >= 0.3 is 0 Å². The number of rotatable bonds is 1. The van der Waals surface area contributed by atoms with Crippen molar-refractivity contribution in [2.24, 2.45) is 4.40 Å². The van der Waals surface area contributed by atoms with Crippen molar-refractivity contribution in [3.05, 3.63) is 28.2 Å². The summed E-state index contributed by atoms with van der Waals surface area (Å²) in [4.78, 5) is 0. The Bertz CT molecular complexity index is 536. The fourth-order valence-electron chi connectivity index (χ4n) is 1.03. The highest BCUT2D eigenvalue weighted by Crippen LogP contribution is 2.27. The lowest BCUT2D eigenvalue weighted by atomic mass is 10.3. The maximum Gasteiger partial charge on any atom is 0.268 e. The first-order valence-corrected chi connectivity index (χ1v) is 7.39. The van der Waals surface area contributed by atoms with Crippen LogP contribution in [0.15, 0.2) is 22.6 Å². The van der Waals surface area contributed by atoms with Gasteiger partial charge in [-0.3, -0.25) is 0 Å². The molecule has 8 heteroatoms. The van der Waals surface area contributed by atoms with E-state index in [2.05, 4.69) is 4.40 Å². The Hall–Kier alpha value is -0.430. The Kier molecular flexibility index (Phi) is 3.34. The van der Waals surface area contributed by atoms with Gasteiger partial charge < -0.3 is 4.74 Å². The molecular weight excluding hydrogens is 293 g/mol. The van der Waals surface area contributed by atoms with E-state index in [9.17, 15) is 8.42 Å². The topological polar surface area (TPSA) is 55.7 Å². The second kappa shape index (κ2) is 4.44. The molecule has 1 aromatic carbocycles. The highest BCUT2D eigenvalue weighted by molar-refractivity contribution is 8.24. The lowest BCUT2D eigenvalue weighted by molar-refractivity contribution is 0.566. The zero-order valence-corrected chi connectivity index (χ0v) is 10.8. The first-order valence-electron chi connectivity index (χ1n) is 4.04. The number of benzene rings is 1. The molecule has 16 heavy (non-hydrogen) atoms. The molecule has 1 heterocycles. The van der Waals surface area contributed by atoms with Crippen molar-refractivity contribution in [2.75, 3.05) is 5.08 Å². The van der Waals surface area contributed by atoms with Crippen LogP contribution in [0, 0.1) is 0 Å². The van der Waals surface area contributed by atoms with Crippen molar-refractivity contribution < 1.29 is 13.2 Å². The highest BCUT2D eigenvalue weighted by Gasteiger charge is 2.23. The molecule has 0 aliphatic carbocycles. The molecule has 0 amide bonds. The zero-order valence-electron chi connectivity index (χ0n) is 7.68. The molecule has 1 aliphatic rings. The Balaban J connectivity index is 2.22. The lowest BCUT2D eigenvalue weighted by Crippen LogP contribution is -2.00. The molecule has 0 N–H and O–H groups in total. The van der Waals surface area contributed by atoms with Crippen molar-refractivity contribution in [1.29, 1.82) is 0 Å². The van der Waals surface area contributed by atoms with E-state index in [0.717, 1.165) is 11.8 Å². The average Bonchev–Trinajstić information content (AvgIpc) is 2.43. The normalized spacial score (nSPS) is 18.2. The first kappa shape index (κ1) is 12.0. The molecule has 0 radical (unpaired) electrons. The van der Waals surface area contributed by atoms with Crippen molar-refractivity contribution >= 4 is 50.2 Å². The van der Waals surface area contributed by atoms with Gasteiger partial charge in [-0.25, -0.2) is 8.42 Å². The van der Waals surface area contributed by atoms with Gasteiger partial charge in [-0.2, -0.15) is 0 Å². The quantitative estimate of drug-likeness (QED) is 0.800. The van der Waals surface area contributed by atoms with Crippen LogP contribution in [0.2, 0.25) is 10.0 Å². The summed E-state index contributed by atoms with van der Waals surface area (Å²) < 4.78 is 30.7. The van der Waals surface area contributed by atoms with Gasteiger partial charge in [0.15, 0.2) is 0 Å². The van der Waals surface area contributed by atoms with Gasteiger partial charge in [0, 0.05) is 10.0 Å². The number of thioether (sulfide) groups is 1. The summed E-state index contributed by atoms with van der Waals surface area (Å²) in [5.74, 6) is 0.362. The molecule has 0 bridgehead atoms. The molecular formula is C8H5Cl2NO3S2. The number of ether oxygens (including phenoxy) is 1. The van der Waals surface area contributed by atoms with E-state index in [4.69, 9.17) is 27.9 Å². The van der Waals surface area contributed by atoms with Gasteiger partial charge in [0.05, 0.1) is 0 Å². The van der Waals surface area contributed by atoms with Crippen molar-refractivity contribution in [2.45, 2.75) is 0 Å². The number of sulfonamides is 1. The molecule has 1 aromatic rings. The SMILES string of the molecule is O=S1(=O)CSC(Oc2cc(Cl)cc(Cl)c2)=N1. The summed E-state index contributed by atoms with van der Waals surface area (Å²) in [6.07, 6.45) is 0. The smallest absolute Gasteiger partial charge is 0.268 e. The molecule has 86 valence electrons. The molecule has 1 aliphatic heterocycles. The van der Waals surface area contributed by atoms with Crippen molar-refractivity contribution in [3.63, 3.8) is 0 Å². The molecule has 0 fully saturated rings. The Morgan fingerprint density at radius 1 is 1.25 bits per heavy atom.